The molecule has 3 heteroatoms. The Labute approximate surface area is 109 Å². The fourth-order valence-corrected chi connectivity index (χ4v) is 2.84. The van der Waals surface area contributed by atoms with E-state index in [1.165, 1.54) is 5.56 Å². The zero-order valence-corrected chi connectivity index (χ0v) is 12.0. The van der Waals surface area contributed by atoms with E-state index in [1.807, 2.05) is 0 Å². The van der Waals surface area contributed by atoms with Crippen LogP contribution in [0, 0.1) is 5.92 Å². The lowest BCUT2D eigenvalue weighted by atomic mass is 9.96. The minimum atomic E-state index is -0.213. The van der Waals surface area contributed by atoms with Crippen molar-refractivity contribution < 1.29 is 5.11 Å². The number of thiophene rings is 1. The van der Waals surface area contributed by atoms with Crippen molar-refractivity contribution >= 4 is 11.3 Å². The first-order chi connectivity index (χ1) is 8.17. The van der Waals surface area contributed by atoms with Crippen molar-refractivity contribution in [3.8, 4) is 0 Å². The SMILES string of the molecule is CCC(CC)C(O)CNC(C)Cc1ccsc1. The quantitative estimate of drug-likeness (QED) is 0.748. The Morgan fingerprint density at radius 3 is 2.59 bits per heavy atom. The summed E-state index contributed by atoms with van der Waals surface area (Å²) in [6.45, 7) is 7.17. The topological polar surface area (TPSA) is 32.3 Å². The van der Waals surface area contributed by atoms with Gasteiger partial charge in [0.15, 0.2) is 0 Å². The van der Waals surface area contributed by atoms with Crippen LogP contribution in [0.25, 0.3) is 0 Å². The van der Waals surface area contributed by atoms with Gasteiger partial charge in [0.05, 0.1) is 6.10 Å². The summed E-state index contributed by atoms with van der Waals surface area (Å²) in [5.74, 6) is 0.427. The van der Waals surface area contributed by atoms with Gasteiger partial charge in [-0.2, -0.15) is 11.3 Å². The van der Waals surface area contributed by atoms with E-state index in [2.05, 4.69) is 42.9 Å². The molecule has 0 aliphatic heterocycles. The van der Waals surface area contributed by atoms with Crippen molar-refractivity contribution in [2.45, 2.75) is 52.2 Å². The Balaban J connectivity index is 2.25. The number of hydrogen-bond donors (Lipinski definition) is 2. The summed E-state index contributed by atoms with van der Waals surface area (Å²) in [5, 5.41) is 17.8. The highest BCUT2D eigenvalue weighted by atomic mass is 32.1. The van der Waals surface area contributed by atoms with Crippen molar-refractivity contribution in [2.24, 2.45) is 5.92 Å². The molecule has 98 valence electrons. The van der Waals surface area contributed by atoms with Gasteiger partial charge in [-0.25, -0.2) is 0 Å². The molecule has 2 unspecified atom stereocenters. The summed E-state index contributed by atoms with van der Waals surface area (Å²) >= 11 is 1.74. The van der Waals surface area contributed by atoms with E-state index in [-0.39, 0.29) is 6.10 Å². The van der Waals surface area contributed by atoms with Gasteiger partial charge in [-0.15, -0.1) is 0 Å². The Morgan fingerprint density at radius 1 is 1.35 bits per heavy atom. The van der Waals surface area contributed by atoms with Crippen LogP contribution in [0.15, 0.2) is 16.8 Å². The summed E-state index contributed by atoms with van der Waals surface area (Å²) in [6.07, 6.45) is 2.94. The lowest BCUT2D eigenvalue weighted by molar-refractivity contribution is 0.0989. The fraction of sp³-hybridized carbons (Fsp3) is 0.714. The average Bonchev–Trinajstić information content (AvgIpc) is 2.81. The van der Waals surface area contributed by atoms with Crippen LogP contribution in [-0.2, 0) is 6.42 Å². The molecule has 1 heterocycles. The third-order valence-electron chi connectivity index (χ3n) is 3.39. The standard InChI is InChI=1S/C14H25NOS/c1-4-13(5-2)14(16)9-15-11(3)8-12-6-7-17-10-12/h6-7,10-11,13-16H,4-5,8-9H2,1-3H3. The fourth-order valence-electron chi connectivity index (χ4n) is 2.16. The molecule has 0 saturated carbocycles. The van der Waals surface area contributed by atoms with Gasteiger partial charge < -0.3 is 10.4 Å². The highest BCUT2D eigenvalue weighted by molar-refractivity contribution is 7.07. The average molecular weight is 255 g/mol. The van der Waals surface area contributed by atoms with Gasteiger partial charge in [0, 0.05) is 12.6 Å². The number of rotatable bonds is 8. The number of nitrogens with one attached hydrogen (secondary N) is 1. The monoisotopic (exact) mass is 255 g/mol. The molecule has 0 bridgehead atoms. The Hall–Kier alpha value is -0.380. The van der Waals surface area contributed by atoms with Gasteiger partial charge in [-0.3, -0.25) is 0 Å². The van der Waals surface area contributed by atoms with Gasteiger partial charge in [0.2, 0.25) is 0 Å². The predicted octanol–water partition coefficient (Wildman–Crippen LogP) is 3.07. The second-order valence-electron chi connectivity index (χ2n) is 4.79. The summed E-state index contributed by atoms with van der Waals surface area (Å²) in [7, 11) is 0. The van der Waals surface area contributed by atoms with Crippen LogP contribution in [-0.4, -0.2) is 23.8 Å². The van der Waals surface area contributed by atoms with E-state index in [9.17, 15) is 5.11 Å². The normalized spacial score (nSPS) is 15.1. The van der Waals surface area contributed by atoms with Gasteiger partial charge in [0.1, 0.15) is 0 Å². The van der Waals surface area contributed by atoms with Crippen LogP contribution in [0.2, 0.25) is 0 Å². The van der Waals surface area contributed by atoms with E-state index in [4.69, 9.17) is 0 Å². The largest absolute Gasteiger partial charge is 0.392 e. The van der Waals surface area contributed by atoms with Crippen molar-refractivity contribution in [3.05, 3.63) is 22.4 Å². The molecule has 17 heavy (non-hydrogen) atoms. The molecular formula is C14H25NOS. The van der Waals surface area contributed by atoms with Gasteiger partial charge >= 0.3 is 0 Å². The molecule has 0 fully saturated rings. The number of aliphatic hydroxyl groups is 1. The van der Waals surface area contributed by atoms with E-state index in [0.717, 1.165) is 19.3 Å². The lowest BCUT2D eigenvalue weighted by Gasteiger charge is -2.22. The number of hydrogen-bond acceptors (Lipinski definition) is 3. The van der Waals surface area contributed by atoms with Gasteiger partial charge in [-0.1, -0.05) is 26.7 Å². The zero-order chi connectivity index (χ0) is 12.7. The molecule has 2 atom stereocenters. The summed E-state index contributed by atoms with van der Waals surface area (Å²) < 4.78 is 0. The molecule has 1 aromatic rings. The molecule has 0 saturated heterocycles. The molecule has 0 spiro atoms. The van der Waals surface area contributed by atoms with Crippen LogP contribution in [0.4, 0.5) is 0 Å². The predicted molar refractivity (Wildman–Crippen MR) is 75.6 cm³/mol. The minimum absolute atomic E-state index is 0.213. The Morgan fingerprint density at radius 2 is 2.06 bits per heavy atom. The summed E-state index contributed by atoms with van der Waals surface area (Å²) in [5.41, 5.74) is 1.38. The highest BCUT2D eigenvalue weighted by Crippen LogP contribution is 2.13. The van der Waals surface area contributed by atoms with Crippen LogP contribution >= 0.6 is 11.3 Å². The van der Waals surface area contributed by atoms with Crippen molar-refractivity contribution in [2.75, 3.05) is 6.54 Å². The maximum Gasteiger partial charge on any atom is 0.0692 e. The maximum atomic E-state index is 10.0. The van der Waals surface area contributed by atoms with Crippen molar-refractivity contribution in [1.29, 1.82) is 0 Å². The van der Waals surface area contributed by atoms with E-state index in [1.54, 1.807) is 11.3 Å². The zero-order valence-electron chi connectivity index (χ0n) is 11.1. The first-order valence-corrected chi connectivity index (χ1v) is 7.54. The molecule has 0 radical (unpaired) electrons. The van der Waals surface area contributed by atoms with Gasteiger partial charge in [0.25, 0.3) is 0 Å². The third-order valence-corrected chi connectivity index (χ3v) is 4.12. The van der Waals surface area contributed by atoms with Crippen molar-refractivity contribution in [1.82, 2.24) is 5.32 Å². The molecule has 2 N–H and O–H groups in total. The Kier molecular flexibility index (Phi) is 6.78. The summed E-state index contributed by atoms with van der Waals surface area (Å²) in [4.78, 5) is 0. The van der Waals surface area contributed by atoms with E-state index >= 15 is 0 Å². The molecule has 0 aliphatic rings. The third kappa shape index (κ3) is 5.19. The number of aliphatic hydroxyl groups excluding tert-OH is 1. The lowest BCUT2D eigenvalue weighted by Crippen LogP contribution is -2.38. The van der Waals surface area contributed by atoms with E-state index < -0.39 is 0 Å². The van der Waals surface area contributed by atoms with Crippen molar-refractivity contribution in [3.63, 3.8) is 0 Å². The second-order valence-corrected chi connectivity index (χ2v) is 5.57. The smallest absolute Gasteiger partial charge is 0.0692 e. The molecule has 1 rings (SSSR count). The maximum absolute atomic E-state index is 10.0. The van der Waals surface area contributed by atoms with Gasteiger partial charge in [-0.05, 0) is 41.7 Å². The Bertz CT molecular complexity index is 282. The molecule has 2 nitrogen and oxygen atoms in total. The van der Waals surface area contributed by atoms with Crippen LogP contribution < -0.4 is 5.32 Å². The molecule has 0 amide bonds. The minimum Gasteiger partial charge on any atom is -0.392 e. The van der Waals surface area contributed by atoms with Crippen LogP contribution in [0.1, 0.15) is 39.2 Å². The highest BCUT2D eigenvalue weighted by Gasteiger charge is 2.15. The first-order valence-electron chi connectivity index (χ1n) is 6.59. The first kappa shape index (κ1) is 14.7. The molecule has 0 aliphatic carbocycles. The second kappa shape index (κ2) is 7.85. The van der Waals surface area contributed by atoms with Crippen LogP contribution in [0.5, 0.6) is 0 Å². The summed E-state index contributed by atoms with van der Waals surface area (Å²) in [6, 6.07) is 2.59. The van der Waals surface area contributed by atoms with E-state index in [0.29, 0.717) is 18.5 Å². The molecule has 1 aromatic heterocycles. The van der Waals surface area contributed by atoms with Crippen LogP contribution in [0.3, 0.4) is 0 Å². The molecular weight excluding hydrogens is 230 g/mol. The molecule has 0 aromatic carbocycles.